The van der Waals surface area contributed by atoms with Crippen LogP contribution in [0, 0.1) is 5.92 Å². The second kappa shape index (κ2) is 4.49. The zero-order valence-corrected chi connectivity index (χ0v) is 9.11. The summed E-state index contributed by atoms with van der Waals surface area (Å²) < 4.78 is 0. The van der Waals surface area contributed by atoms with Gasteiger partial charge in [-0.05, 0) is 32.0 Å². The van der Waals surface area contributed by atoms with E-state index in [4.69, 9.17) is 5.73 Å². The van der Waals surface area contributed by atoms with Gasteiger partial charge in [0.25, 0.3) is 0 Å². The molecule has 4 nitrogen and oxygen atoms in total. The van der Waals surface area contributed by atoms with E-state index in [1.165, 1.54) is 19.5 Å². The molecule has 2 heterocycles. The molecule has 15 heavy (non-hydrogen) atoms. The average Bonchev–Trinajstić information content (AvgIpc) is 2.62. The van der Waals surface area contributed by atoms with Gasteiger partial charge in [0.05, 0.1) is 0 Å². The van der Waals surface area contributed by atoms with Crippen molar-refractivity contribution in [2.75, 3.05) is 37.7 Å². The molecule has 0 saturated carbocycles. The first kappa shape index (κ1) is 10.2. The predicted octanol–water partition coefficient (Wildman–Crippen LogP) is 1.03. The number of nitrogens with zero attached hydrogens (tertiary/aromatic N) is 2. The molecule has 3 N–H and O–H groups in total. The monoisotopic (exact) mass is 206 g/mol. The van der Waals surface area contributed by atoms with Gasteiger partial charge in [-0.3, -0.25) is 0 Å². The molecule has 1 saturated heterocycles. The number of hydrogen-bond acceptors (Lipinski definition) is 4. The van der Waals surface area contributed by atoms with Crippen LogP contribution in [0.4, 0.5) is 11.5 Å². The van der Waals surface area contributed by atoms with Crippen molar-refractivity contribution in [3.63, 3.8) is 0 Å². The lowest BCUT2D eigenvalue weighted by Crippen LogP contribution is -2.19. The van der Waals surface area contributed by atoms with Crippen LogP contribution in [0.1, 0.15) is 6.42 Å². The topological polar surface area (TPSA) is 54.2 Å². The van der Waals surface area contributed by atoms with Crippen molar-refractivity contribution >= 4 is 11.5 Å². The Balaban J connectivity index is 1.83. The fourth-order valence-electron chi connectivity index (χ4n) is 2.01. The maximum atomic E-state index is 5.61. The van der Waals surface area contributed by atoms with E-state index < -0.39 is 0 Å². The number of aromatic nitrogens is 1. The summed E-state index contributed by atoms with van der Waals surface area (Å²) in [6, 6.07) is 3.83. The van der Waals surface area contributed by atoms with Gasteiger partial charge in [-0.25, -0.2) is 4.98 Å². The van der Waals surface area contributed by atoms with E-state index in [-0.39, 0.29) is 0 Å². The third-order valence-electron chi connectivity index (χ3n) is 2.86. The van der Waals surface area contributed by atoms with Crippen LogP contribution in [-0.2, 0) is 0 Å². The van der Waals surface area contributed by atoms with E-state index in [9.17, 15) is 0 Å². The van der Waals surface area contributed by atoms with Crippen molar-refractivity contribution in [2.24, 2.45) is 5.92 Å². The van der Waals surface area contributed by atoms with Gasteiger partial charge in [-0.15, -0.1) is 0 Å². The number of pyridine rings is 1. The predicted molar refractivity (Wildman–Crippen MR) is 62.7 cm³/mol. The molecule has 1 aromatic heterocycles. The van der Waals surface area contributed by atoms with Gasteiger partial charge in [0.15, 0.2) is 0 Å². The Labute approximate surface area is 90.5 Å². The summed E-state index contributed by atoms with van der Waals surface area (Å²) in [5.74, 6) is 1.33. The molecule has 1 aliphatic heterocycles. The Hall–Kier alpha value is -1.29. The third kappa shape index (κ3) is 2.83. The average molecular weight is 206 g/mol. The Morgan fingerprint density at radius 3 is 3.20 bits per heavy atom. The summed E-state index contributed by atoms with van der Waals surface area (Å²) in [7, 11) is 2.17. The molecule has 0 radical (unpaired) electrons. The highest BCUT2D eigenvalue weighted by Crippen LogP contribution is 2.16. The molecule has 4 heteroatoms. The minimum absolute atomic E-state index is 0.573. The zero-order valence-electron chi connectivity index (χ0n) is 9.11. The van der Waals surface area contributed by atoms with E-state index in [0.29, 0.717) is 5.82 Å². The highest BCUT2D eigenvalue weighted by molar-refractivity contribution is 5.49. The number of rotatable bonds is 3. The van der Waals surface area contributed by atoms with Crippen molar-refractivity contribution in [3.8, 4) is 0 Å². The summed E-state index contributed by atoms with van der Waals surface area (Å²) in [5, 5.41) is 3.40. The van der Waals surface area contributed by atoms with E-state index in [1.807, 2.05) is 12.1 Å². The molecule has 1 aromatic rings. The number of hydrogen-bond donors (Lipinski definition) is 2. The van der Waals surface area contributed by atoms with Crippen LogP contribution in [0.25, 0.3) is 0 Å². The Morgan fingerprint density at radius 1 is 1.67 bits per heavy atom. The van der Waals surface area contributed by atoms with Crippen molar-refractivity contribution in [3.05, 3.63) is 18.3 Å². The Bertz CT molecular complexity index is 326. The molecule has 0 aliphatic carbocycles. The van der Waals surface area contributed by atoms with E-state index in [0.717, 1.165) is 18.2 Å². The largest absolute Gasteiger partial charge is 0.385 e. The van der Waals surface area contributed by atoms with Crippen LogP contribution in [0.3, 0.4) is 0 Å². The molecule has 1 fully saturated rings. The van der Waals surface area contributed by atoms with Crippen LogP contribution >= 0.6 is 0 Å². The van der Waals surface area contributed by atoms with E-state index in [2.05, 4.69) is 22.2 Å². The van der Waals surface area contributed by atoms with Gasteiger partial charge in [0.1, 0.15) is 5.82 Å². The van der Waals surface area contributed by atoms with Gasteiger partial charge >= 0.3 is 0 Å². The molecule has 0 bridgehead atoms. The molecular weight excluding hydrogens is 188 g/mol. The van der Waals surface area contributed by atoms with Crippen molar-refractivity contribution in [2.45, 2.75) is 6.42 Å². The molecule has 0 aromatic carbocycles. The second-order valence-corrected chi connectivity index (χ2v) is 4.27. The lowest BCUT2D eigenvalue weighted by molar-refractivity contribution is 0.399. The smallest absolute Gasteiger partial charge is 0.125 e. The van der Waals surface area contributed by atoms with E-state index in [1.54, 1.807) is 6.20 Å². The van der Waals surface area contributed by atoms with Crippen LogP contribution < -0.4 is 11.1 Å². The van der Waals surface area contributed by atoms with Gasteiger partial charge in [0, 0.05) is 31.0 Å². The number of nitrogens with two attached hydrogens (primary N) is 1. The number of nitrogens with one attached hydrogen (secondary N) is 1. The SMILES string of the molecule is CN1CCC(CNc2ccnc(N)c2)C1. The summed E-state index contributed by atoms with van der Waals surface area (Å²) in [6.45, 7) is 3.42. The van der Waals surface area contributed by atoms with Crippen LogP contribution in [0.5, 0.6) is 0 Å². The maximum absolute atomic E-state index is 5.61. The Kier molecular flexibility index (Phi) is 3.06. The fourth-order valence-corrected chi connectivity index (χ4v) is 2.01. The standard InChI is InChI=1S/C11H18N4/c1-15-5-3-9(8-15)7-14-10-2-4-13-11(12)6-10/h2,4,6,9H,3,5,7-8H2,1H3,(H3,12,13,14). The van der Waals surface area contributed by atoms with Crippen molar-refractivity contribution < 1.29 is 0 Å². The Morgan fingerprint density at radius 2 is 2.53 bits per heavy atom. The number of nitrogen functional groups attached to an aromatic ring is 1. The molecule has 0 amide bonds. The normalized spacial score (nSPS) is 21.8. The molecular formula is C11H18N4. The first-order valence-corrected chi connectivity index (χ1v) is 5.38. The highest BCUT2D eigenvalue weighted by Gasteiger charge is 2.18. The fraction of sp³-hybridized carbons (Fsp3) is 0.545. The van der Waals surface area contributed by atoms with E-state index >= 15 is 0 Å². The molecule has 1 unspecified atom stereocenters. The summed E-state index contributed by atoms with van der Waals surface area (Å²) in [5.41, 5.74) is 6.67. The molecule has 0 spiro atoms. The molecule has 2 rings (SSSR count). The zero-order chi connectivity index (χ0) is 10.7. The van der Waals surface area contributed by atoms with Crippen LogP contribution in [-0.4, -0.2) is 36.6 Å². The van der Waals surface area contributed by atoms with Gasteiger partial charge in [-0.2, -0.15) is 0 Å². The molecule has 82 valence electrons. The lowest BCUT2D eigenvalue weighted by Gasteiger charge is -2.12. The van der Waals surface area contributed by atoms with Crippen molar-refractivity contribution in [1.82, 2.24) is 9.88 Å². The molecule has 1 atom stereocenters. The summed E-state index contributed by atoms with van der Waals surface area (Å²) in [6.07, 6.45) is 3.02. The van der Waals surface area contributed by atoms with Crippen molar-refractivity contribution in [1.29, 1.82) is 0 Å². The first-order chi connectivity index (χ1) is 7.24. The lowest BCUT2D eigenvalue weighted by atomic mass is 10.1. The van der Waals surface area contributed by atoms with Crippen LogP contribution in [0.2, 0.25) is 0 Å². The highest BCUT2D eigenvalue weighted by atomic mass is 15.1. The number of likely N-dealkylation sites (tertiary alicyclic amines) is 1. The first-order valence-electron chi connectivity index (χ1n) is 5.38. The van der Waals surface area contributed by atoms with Gasteiger partial charge < -0.3 is 16.0 Å². The quantitative estimate of drug-likeness (QED) is 0.775. The van der Waals surface area contributed by atoms with Crippen LogP contribution in [0.15, 0.2) is 18.3 Å². The van der Waals surface area contributed by atoms with Gasteiger partial charge in [0.2, 0.25) is 0 Å². The number of anilines is 2. The minimum Gasteiger partial charge on any atom is -0.385 e. The molecule has 1 aliphatic rings. The third-order valence-corrected chi connectivity index (χ3v) is 2.86. The van der Waals surface area contributed by atoms with Gasteiger partial charge in [-0.1, -0.05) is 0 Å². The second-order valence-electron chi connectivity index (χ2n) is 4.27. The minimum atomic E-state index is 0.573. The maximum Gasteiger partial charge on any atom is 0.125 e. The summed E-state index contributed by atoms with van der Waals surface area (Å²) in [4.78, 5) is 6.33. The summed E-state index contributed by atoms with van der Waals surface area (Å²) >= 11 is 0.